The lowest BCUT2D eigenvalue weighted by Gasteiger charge is -2.05. The third-order valence-corrected chi connectivity index (χ3v) is 3.20. The van der Waals surface area contributed by atoms with Crippen molar-refractivity contribution >= 4 is 5.82 Å². The summed E-state index contributed by atoms with van der Waals surface area (Å²) < 4.78 is 28.5. The fourth-order valence-corrected chi connectivity index (χ4v) is 2.16. The molecule has 0 radical (unpaired) electrons. The van der Waals surface area contributed by atoms with Crippen molar-refractivity contribution in [3.05, 3.63) is 54.2 Å². The summed E-state index contributed by atoms with van der Waals surface area (Å²) in [6.07, 6.45) is 1.09. The normalized spacial score (nSPS) is 10.8. The van der Waals surface area contributed by atoms with E-state index < -0.39 is 11.6 Å². The highest BCUT2D eigenvalue weighted by molar-refractivity contribution is 5.87. The fraction of sp³-hybridized carbons (Fsp3) is 0.0667. The second-order valence-corrected chi connectivity index (χ2v) is 4.57. The van der Waals surface area contributed by atoms with E-state index in [1.54, 1.807) is 25.2 Å². The van der Waals surface area contributed by atoms with Crippen LogP contribution in [0.15, 0.2) is 42.6 Å². The maximum atomic E-state index is 14.1. The second-order valence-electron chi connectivity index (χ2n) is 4.57. The van der Waals surface area contributed by atoms with Crippen molar-refractivity contribution in [1.82, 2.24) is 14.8 Å². The monoisotopic (exact) mass is 286 g/mol. The van der Waals surface area contributed by atoms with Crippen LogP contribution in [0.2, 0.25) is 0 Å². The van der Waals surface area contributed by atoms with Crippen molar-refractivity contribution in [2.24, 2.45) is 7.05 Å². The average Bonchev–Trinajstić information content (AvgIpc) is 2.77. The molecule has 1 aromatic carbocycles. The molecule has 0 aliphatic carbocycles. The zero-order chi connectivity index (χ0) is 15.0. The number of hydrogen-bond donors (Lipinski definition) is 1. The Bertz CT molecular complexity index is 794. The van der Waals surface area contributed by atoms with Crippen molar-refractivity contribution in [2.45, 2.75) is 0 Å². The van der Waals surface area contributed by atoms with E-state index in [0.717, 1.165) is 6.20 Å². The summed E-state index contributed by atoms with van der Waals surface area (Å²) in [6.45, 7) is 0. The minimum absolute atomic E-state index is 0.321. The molecule has 2 N–H and O–H groups in total. The molecule has 0 aliphatic rings. The number of nitrogen functional groups attached to an aromatic ring is 1. The molecule has 0 fully saturated rings. The van der Waals surface area contributed by atoms with E-state index in [1.165, 1.54) is 22.9 Å². The lowest BCUT2D eigenvalue weighted by atomic mass is 10.0. The van der Waals surface area contributed by atoms with Gasteiger partial charge in [0.1, 0.15) is 23.1 Å². The largest absolute Gasteiger partial charge is 0.383 e. The predicted octanol–water partition coefficient (Wildman–Crippen LogP) is 3.01. The maximum Gasteiger partial charge on any atom is 0.141 e. The van der Waals surface area contributed by atoms with E-state index in [4.69, 9.17) is 5.73 Å². The molecule has 0 saturated heterocycles. The van der Waals surface area contributed by atoms with Gasteiger partial charge in [0.25, 0.3) is 0 Å². The first-order valence-corrected chi connectivity index (χ1v) is 6.27. The molecule has 4 nitrogen and oxygen atoms in total. The van der Waals surface area contributed by atoms with E-state index in [0.29, 0.717) is 28.3 Å². The van der Waals surface area contributed by atoms with Gasteiger partial charge in [-0.1, -0.05) is 18.2 Å². The van der Waals surface area contributed by atoms with Gasteiger partial charge < -0.3 is 5.73 Å². The standard InChI is InChI=1S/C15H12F2N4/c1-21-15(18)13(10-4-2-3-5-11(10)17)14(20-21)12-7-6-9(16)8-19-12/h2-8H,18H2,1H3. The number of aryl methyl sites for hydroxylation is 1. The van der Waals surface area contributed by atoms with Crippen molar-refractivity contribution in [3.8, 4) is 22.5 Å². The highest BCUT2D eigenvalue weighted by Gasteiger charge is 2.20. The molecule has 0 amide bonds. The summed E-state index contributed by atoms with van der Waals surface area (Å²) in [5.41, 5.74) is 7.64. The average molecular weight is 286 g/mol. The van der Waals surface area contributed by atoms with Gasteiger partial charge >= 0.3 is 0 Å². The number of nitrogens with zero attached hydrogens (tertiary/aromatic N) is 3. The Kier molecular flexibility index (Phi) is 3.13. The van der Waals surface area contributed by atoms with Crippen LogP contribution in [0.1, 0.15) is 0 Å². The van der Waals surface area contributed by atoms with E-state index >= 15 is 0 Å². The Labute approximate surface area is 119 Å². The number of nitrogens with two attached hydrogens (primary N) is 1. The SMILES string of the molecule is Cn1nc(-c2ccc(F)cn2)c(-c2ccccc2F)c1N. The van der Waals surface area contributed by atoms with E-state index in [2.05, 4.69) is 10.1 Å². The quantitative estimate of drug-likeness (QED) is 0.788. The van der Waals surface area contributed by atoms with Gasteiger partial charge in [-0.2, -0.15) is 5.10 Å². The summed E-state index contributed by atoms with van der Waals surface area (Å²) in [4.78, 5) is 3.99. The first-order valence-electron chi connectivity index (χ1n) is 6.27. The molecule has 3 rings (SSSR count). The Morgan fingerprint density at radius 1 is 1.10 bits per heavy atom. The molecular formula is C15H12F2N4. The molecule has 0 atom stereocenters. The number of anilines is 1. The minimum Gasteiger partial charge on any atom is -0.383 e. The van der Waals surface area contributed by atoms with Crippen LogP contribution in [0.5, 0.6) is 0 Å². The van der Waals surface area contributed by atoms with Crippen LogP contribution in [0, 0.1) is 11.6 Å². The van der Waals surface area contributed by atoms with Crippen molar-refractivity contribution < 1.29 is 8.78 Å². The number of hydrogen-bond acceptors (Lipinski definition) is 3. The summed E-state index contributed by atoms with van der Waals surface area (Å²) in [5.74, 6) is -0.531. The molecule has 0 saturated carbocycles. The highest BCUT2D eigenvalue weighted by Crippen LogP contribution is 2.36. The molecule has 0 unspecified atom stereocenters. The first-order chi connectivity index (χ1) is 10.1. The number of aromatic nitrogens is 3. The Morgan fingerprint density at radius 3 is 2.52 bits per heavy atom. The summed E-state index contributed by atoms with van der Waals surface area (Å²) in [5, 5.41) is 4.27. The van der Waals surface area contributed by atoms with Gasteiger partial charge in [-0.25, -0.2) is 8.78 Å². The number of pyridine rings is 1. The number of benzene rings is 1. The fourth-order valence-electron chi connectivity index (χ4n) is 2.16. The van der Waals surface area contributed by atoms with Gasteiger partial charge in [0.05, 0.1) is 17.5 Å². The van der Waals surface area contributed by atoms with Crippen LogP contribution < -0.4 is 5.73 Å². The Hall–Kier alpha value is -2.76. The molecular weight excluding hydrogens is 274 g/mol. The van der Waals surface area contributed by atoms with Crippen LogP contribution in [0.25, 0.3) is 22.5 Å². The van der Waals surface area contributed by atoms with E-state index in [1.807, 2.05) is 0 Å². The third kappa shape index (κ3) is 2.24. The van der Waals surface area contributed by atoms with Gasteiger partial charge in [-0.05, 0) is 18.2 Å². The highest BCUT2D eigenvalue weighted by atomic mass is 19.1. The second kappa shape index (κ2) is 4.97. The van der Waals surface area contributed by atoms with Crippen LogP contribution in [-0.2, 0) is 7.05 Å². The molecule has 2 heterocycles. The van der Waals surface area contributed by atoms with Gasteiger partial charge in [-0.3, -0.25) is 9.67 Å². The zero-order valence-electron chi connectivity index (χ0n) is 11.2. The molecule has 21 heavy (non-hydrogen) atoms. The first kappa shape index (κ1) is 13.2. The van der Waals surface area contributed by atoms with E-state index in [-0.39, 0.29) is 0 Å². The summed E-state index contributed by atoms with van der Waals surface area (Å²) >= 11 is 0. The molecule has 0 aliphatic heterocycles. The minimum atomic E-state index is -0.449. The van der Waals surface area contributed by atoms with Gasteiger partial charge in [0.2, 0.25) is 0 Å². The van der Waals surface area contributed by atoms with Gasteiger partial charge in [-0.15, -0.1) is 0 Å². The van der Waals surface area contributed by atoms with Crippen molar-refractivity contribution in [2.75, 3.05) is 5.73 Å². The molecule has 6 heteroatoms. The lowest BCUT2D eigenvalue weighted by molar-refractivity contribution is 0.621. The number of halogens is 2. The summed E-state index contributed by atoms with van der Waals surface area (Å²) in [6, 6.07) is 9.05. The van der Waals surface area contributed by atoms with Crippen LogP contribution >= 0.6 is 0 Å². The van der Waals surface area contributed by atoms with Crippen LogP contribution in [0.3, 0.4) is 0 Å². The molecule has 106 valence electrons. The predicted molar refractivity (Wildman–Crippen MR) is 76.2 cm³/mol. The molecule has 3 aromatic rings. The van der Waals surface area contributed by atoms with Crippen LogP contribution in [0.4, 0.5) is 14.6 Å². The topological polar surface area (TPSA) is 56.7 Å². The summed E-state index contributed by atoms with van der Waals surface area (Å²) in [7, 11) is 1.66. The van der Waals surface area contributed by atoms with E-state index in [9.17, 15) is 8.78 Å². The maximum absolute atomic E-state index is 14.1. The van der Waals surface area contributed by atoms with Gasteiger partial charge in [0.15, 0.2) is 0 Å². The van der Waals surface area contributed by atoms with Gasteiger partial charge in [0, 0.05) is 12.6 Å². The lowest BCUT2D eigenvalue weighted by Crippen LogP contribution is -1.98. The smallest absolute Gasteiger partial charge is 0.141 e. The van der Waals surface area contributed by atoms with Crippen molar-refractivity contribution in [3.63, 3.8) is 0 Å². The Morgan fingerprint density at radius 2 is 1.86 bits per heavy atom. The molecule has 0 bridgehead atoms. The number of rotatable bonds is 2. The molecule has 0 spiro atoms. The Balaban J connectivity index is 2.26. The van der Waals surface area contributed by atoms with Crippen LogP contribution in [-0.4, -0.2) is 14.8 Å². The third-order valence-electron chi connectivity index (χ3n) is 3.20. The van der Waals surface area contributed by atoms with Crippen molar-refractivity contribution in [1.29, 1.82) is 0 Å². The molecule has 2 aromatic heterocycles. The zero-order valence-corrected chi connectivity index (χ0v) is 11.2.